The number of hydrogen-bond donors (Lipinski definition) is 2. The summed E-state index contributed by atoms with van der Waals surface area (Å²) in [6.45, 7) is 7.96. The molecule has 0 aliphatic carbocycles. The van der Waals surface area contributed by atoms with E-state index in [2.05, 4.69) is 15.1 Å². The molecule has 0 unspecified atom stereocenters. The number of thioether (sulfide) groups is 1. The summed E-state index contributed by atoms with van der Waals surface area (Å²) < 4.78 is 2.86. The van der Waals surface area contributed by atoms with E-state index >= 15 is 0 Å². The van der Waals surface area contributed by atoms with Crippen LogP contribution in [0.15, 0.2) is 39.0 Å². The molecule has 5 aromatic rings. The van der Waals surface area contributed by atoms with Crippen molar-refractivity contribution in [1.29, 1.82) is 0 Å². The van der Waals surface area contributed by atoms with E-state index in [1.54, 1.807) is 4.57 Å². The van der Waals surface area contributed by atoms with E-state index in [-0.39, 0.29) is 22.8 Å². The molecular weight excluding hydrogens is 458 g/mol. The lowest BCUT2D eigenvalue weighted by Crippen LogP contribution is -2.22. The van der Waals surface area contributed by atoms with Crippen molar-refractivity contribution in [2.24, 2.45) is 0 Å². The van der Waals surface area contributed by atoms with Gasteiger partial charge in [0.2, 0.25) is 5.95 Å². The Morgan fingerprint density at radius 1 is 1.09 bits per heavy atom. The lowest BCUT2D eigenvalue weighted by atomic mass is 10.1. The predicted molar refractivity (Wildman–Crippen MR) is 132 cm³/mol. The van der Waals surface area contributed by atoms with Crippen LogP contribution in [0, 0.1) is 27.7 Å². The molecule has 0 aliphatic rings. The second-order valence-corrected chi connectivity index (χ2v) is 10.1. The molecule has 0 radical (unpaired) electrons. The number of aromatic amines is 1. The Kier molecular flexibility index (Phi) is 5.09. The van der Waals surface area contributed by atoms with Crippen LogP contribution in [0.1, 0.15) is 27.3 Å². The zero-order valence-electron chi connectivity index (χ0n) is 18.5. The van der Waals surface area contributed by atoms with Gasteiger partial charge in [-0.1, -0.05) is 29.5 Å². The van der Waals surface area contributed by atoms with Gasteiger partial charge in [-0.05, 0) is 44.9 Å². The first-order chi connectivity index (χ1) is 15.7. The van der Waals surface area contributed by atoms with Gasteiger partial charge in [-0.3, -0.25) is 19.3 Å². The zero-order valence-corrected chi connectivity index (χ0v) is 20.1. The first-order valence-corrected chi connectivity index (χ1v) is 12.0. The zero-order chi connectivity index (χ0) is 23.4. The first-order valence-electron chi connectivity index (χ1n) is 10.2. The summed E-state index contributed by atoms with van der Waals surface area (Å²) in [4.78, 5) is 41.1. The van der Waals surface area contributed by atoms with Crippen molar-refractivity contribution < 1.29 is 0 Å². The third-order valence-corrected chi connectivity index (χ3v) is 7.59. The van der Waals surface area contributed by atoms with Crippen LogP contribution < -0.4 is 16.9 Å². The van der Waals surface area contributed by atoms with E-state index in [0.29, 0.717) is 26.8 Å². The number of thiophene rings is 1. The van der Waals surface area contributed by atoms with Crippen LogP contribution >= 0.6 is 23.1 Å². The molecular formula is C22H21N7O2S2. The highest BCUT2D eigenvalue weighted by molar-refractivity contribution is 7.98. The summed E-state index contributed by atoms with van der Waals surface area (Å²) in [6, 6.07) is 7.40. The van der Waals surface area contributed by atoms with Crippen LogP contribution in [0.25, 0.3) is 21.7 Å². The summed E-state index contributed by atoms with van der Waals surface area (Å²) in [5.74, 6) is 0.656. The van der Waals surface area contributed by atoms with Crippen LogP contribution in [0.5, 0.6) is 0 Å². The summed E-state index contributed by atoms with van der Waals surface area (Å²) in [5.41, 5.74) is 9.61. The number of aryl methyl sites for hydroxylation is 4. The number of nitrogens with one attached hydrogen (secondary N) is 1. The highest BCUT2D eigenvalue weighted by Gasteiger charge is 2.19. The second-order valence-electron chi connectivity index (χ2n) is 7.91. The fraction of sp³-hybridized carbons (Fsp3) is 0.227. The number of fused-ring (bicyclic) bond motifs is 2. The number of aromatic nitrogens is 6. The van der Waals surface area contributed by atoms with Crippen molar-refractivity contribution in [1.82, 2.24) is 29.1 Å². The molecule has 0 fully saturated rings. The van der Waals surface area contributed by atoms with Crippen LogP contribution in [0.3, 0.4) is 0 Å². The molecule has 0 amide bonds. The molecule has 0 saturated carbocycles. The van der Waals surface area contributed by atoms with E-state index in [9.17, 15) is 9.59 Å². The number of anilines is 1. The van der Waals surface area contributed by atoms with E-state index in [4.69, 9.17) is 10.7 Å². The maximum atomic E-state index is 13.7. The maximum Gasteiger partial charge on any atom is 0.274 e. The van der Waals surface area contributed by atoms with Crippen LogP contribution in [-0.2, 0) is 5.75 Å². The largest absolute Gasteiger partial charge is 0.368 e. The summed E-state index contributed by atoms with van der Waals surface area (Å²) in [6.07, 6.45) is 0. The van der Waals surface area contributed by atoms with Crippen molar-refractivity contribution >= 4 is 45.0 Å². The standard InChI is InChI=1S/C22H21N7O2S2/c1-10-5-6-15(11(2)7-10)28-19(31)17-12(3)13(4)33-18(17)25-22(28)32-9-14-8-16(30)29-21(24-14)26-20(23)27-29/h5-8H,9H2,1-4H3,(H3,23,24,26,27). The lowest BCUT2D eigenvalue weighted by Gasteiger charge is -2.15. The topological polar surface area (TPSA) is 124 Å². The summed E-state index contributed by atoms with van der Waals surface area (Å²) in [5, 5.41) is 3.84. The van der Waals surface area contributed by atoms with Gasteiger partial charge in [-0.25, -0.2) is 9.97 Å². The van der Waals surface area contributed by atoms with Crippen molar-refractivity contribution in [2.75, 3.05) is 5.73 Å². The molecule has 33 heavy (non-hydrogen) atoms. The Bertz CT molecular complexity index is 1680. The van der Waals surface area contributed by atoms with Gasteiger partial charge < -0.3 is 5.73 Å². The summed E-state index contributed by atoms with van der Waals surface area (Å²) in [7, 11) is 0. The van der Waals surface area contributed by atoms with Gasteiger partial charge in [0.25, 0.3) is 16.9 Å². The Labute approximate surface area is 196 Å². The normalized spacial score (nSPS) is 11.6. The molecule has 9 nitrogen and oxygen atoms in total. The Morgan fingerprint density at radius 2 is 1.88 bits per heavy atom. The maximum absolute atomic E-state index is 13.7. The number of benzene rings is 1. The molecule has 0 atom stereocenters. The highest BCUT2D eigenvalue weighted by Crippen LogP contribution is 2.31. The van der Waals surface area contributed by atoms with E-state index in [1.165, 1.54) is 33.7 Å². The summed E-state index contributed by atoms with van der Waals surface area (Å²) >= 11 is 2.87. The number of H-pyrrole nitrogens is 1. The van der Waals surface area contributed by atoms with Gasteiger partial charge in [0.1, 0.15) is 4.83 Å². The average Bonchev–Trinajstić information content (AvgIpc) is 3.26. The van der Waals surface area contributed by atoms with Gasteiger partial charge in [0.15, 0.2) is 5.16 Å². The smallest absolute Gasteiger partial charge is 0.274 e. The number of nitrogen functional groups attached to an aromatic ring is 1. The molecule has 168 valence electrons. The minimum absolute atomic E-state index is 0.0974. The molecule has 4 aromatic heterocycles. The second kappa shape index (κ2) is 7.85. The molecule has 11 heteroatoms. The third-order valence-electron chi connectivity index (χ3n) is 5.52. The van der Waals surface area contributed by atoms with Crippen molar-refractivity contribution in [3.05, 3.63) is 72.2 Å². The number of rotatable bonds is 4. The van der Waals surface area contributed by atoms with Crippen LogP contribution in [0.2, 0.25) is 0 Å². The van der Waals surface area contributed by atoms with E-state index in [1.807, 2.05) is 45.9 Å². The van der Waals surface area contributed by atoms with Crippen LogP contribution in [0.4, 0.5) is 5.95 Å². The molecule has 0 spiro atoms. The molecule has 0 saturated heterocycles. The molecule has 3 N–H and O–H groups in total. The lowest BCUT2D eigenvalue weighted by molar-refractivity contribution is 0.815. The van der Waals surface area contributed by atoms with Gasteiger partial charge in [-0.15, -0.1) is 11.3 Å². The van der Waals surface area contributed by atoms with Crippen molar-refractivity contribution in [3.63, 3.8) is 0 Å². The fourth-order valence-electron chi connectivity index (χ4n) is 3.80. The number of nitrogens with zero attached hydrogens (tertiary/aromatic N) is 5. The minimum atomic E-state index is -0.306. The first kappa shape index (κ1) is 21.4. The Hall–Kier alpha value is -3.44. The van der Waals surface area contributed by atoms with Gasteiger partial charge >= 0.3 is 0 Å². The fourth-order valence-corrected chi connectivity index (χ4v) is 5.77. The van der Waals surface area contributed by atoms with E-state index in [0.717, 1.165) is 27.3 Å². The SMILES string of the molecule is Cc1ccc(-n2c(SCc3cc(=O)n4[nH]c(N)nc4n3)nc3sc(C)c(C)c3c2=O)c(C)c1. The van der Waals surface area contributed by atoms with Gasteiger partial charge in [-0.2, -0.15) is 9.50 Å². The van der Waals surface area contributed by atoms with Crippen molar-refractivity contribution in [3.8, 4) is 5.69 Å². The molecule has 4 heterocycles. The Balaban J connectivity index is 1.65. The van der Waals surface area contributed by atoms with Gasteiger partial charge in [0.05, 0.1) is 16.8 Å². The molecule has 5 rings (SSSR count). The van der Waals surface area contributed by atoms with Crippen molar-refractivity contribution in [2.45, 2.75) is 38.6 Å². The third kappa shape index (κ3) is 3.62. The monoisotopic (exact) mass is 479 g/mol. The number of nitrogens with two attached hydrogens (primary N) is 1. The predicted octanol–water partition coefficient (Wildman–Crippen LogP) is 3.29. The Morgan fingerprint density at radius 3 is 2.64 bits per heavy atom. The van der Waals surface area contributed by atoms with Crippen LogP contribution in [-0.4, -0.2) is 29.1 Å². The molecule has 0 aliphatic heterocycles. The quantitative estimate of drug-likeness (QED) is 0.299. The molecule has 0 bridgehead atoms. The highest BCUT2D eigenvalue weighted by atomic mass is 32.2. The number of hydrogen-bond acceptors (Lipinski definition) is 8. The average molecular weight is 480 g/mol. The molecule has 1 aromatic carbocycles. The van der Waals surface area contributed by atoms with E-state index < -0.39 is 0 Å². The van der Waals surface area contributed by atoms with Gasteiger partial charge in [0, 0.05) is 16.7 Å². The minimum Gasteiger partial charge on any atom is -0.368 e.